The third kappa shape index (κ3) is 7.22. The molecular weight excluding hydrogens is 504 g/mol. The molecule has 4 aromatic rings. The maximum Gasteiger partial charge on any atom is 0.243 e. The lowest BCUT2D eigenvalue weighted by molar-refractivity contribution is -0.116. The average molecular weight is 539 g/mol. The maximum absolute atomic E-state index is 12.8. The molecule has 0 spiro atoms. The van der Waals surface area contributed by atoms with Gasteiger partial charge >= 0.3 is 0 Å². The van der Waals surface area contributed by atoms with E-state index in [0.29, 0.717) is 11.4 Å². The first-order valence-electron chi connectivity index (χ1n) is 13.5. The largest absolute Gasteiger partial charge is 0.353 e. The molecule has 5 rings (SSSR count). The summed E-state index contributed by atoms with van der Waals surface area (Å²) in [5.74, 6) is -0.0627. The first-order valence-corrected chi connectivity index (χ1v) is 15.2. The van der Waals surface area contributed by atoms with Crippen molar-refractivity contribution in [3.05, 3.63) is 119 Å². The predicted molar refractivity (Wildman–Crippen MR) is 158 cm³/mol. The fourth-order valence-corrected chi connectivity index (χ4v) is 6.45. The zero-order valence-corrected chi connectivity index (χ0v) is 22.9. The van der Waals surface area contributed by atoms with Crippen molar-refractivity contribution >= 4 is 32.6 Å². The van der Waals surface area contributed by atoms with E-state index in [9.17, 15) is 13.2 Å². The summed E-state index contributed by atoms with van der Waals surface area (Å²) in [6.45, 7) is 3.42. The molecule has 0 aromatic heterocycles. The van der Waals surface area contributed by atoms with Crippen LogP contribution in [0, 0.1) is 0 Å². The standard InChI is InChI=1S/C33H34N2O3S/c36-33(17-14-26-12-15-28-8-4-5-9-30(28)22-26)34-19-6-7-20-35-21-18-29-16-13-27(23-31(29)24-35)25-39(37,38)32-10-2-1-3-11-32/h1-5,8-17,22-23H,6-7,18-21,24-25H2,(H,34,36)/b17-14+. The molecule has 6 heteroatoms. The Hall–Kier alpha value is -3.74. The van der Waals surface area contributed by atoms with E-state index in [0.717, 1.165) is 55.4 Å². The van der Waals surface area contributed by atoms with E-state index in [4.69, 9.17) is 0 Å². The number of benzene rings is 4. The Kier molecular flexibility index (Phi) is 8.54. The molecule has 4 aromatic carbocycles. The van der Waals surface area contributed by atoms with E-state index in [1.807, 2.05) is 36.4 Å². The zero-order valence-electron chi connectivity index (χ0n) is 22.1. The van der Waals surface area contributed by atoms with E-state index >= 15 is 0 Å². The van der Waals surface area contributed by atoms with Gasteiger partial charge in [0.25, 0.3) is 0 Å². The summed E-state index contributed by atoms with van der Waals surface area (Å²) >= 11 is 0. The fourth-order valence-electron chi connectivity index (χ4n) is 5.09. The molecule has 0 aliphatic carbocycles. The van der Waals surface area contributed by atoms with Gasteiger partial charge in [0.2, 0.25) is 5.91 Å². The maximum atomic E-state index is 12.8. The van der Waals surface area contributed by atoms with E-state index in [1.54, 1.807) is 30.3 Å². The molecule has 0 saturated heterocycles. The summed E-state index contributed by atoms with van der Waals surface area (Å²) in [6.07, 6.45) is 6.32. The van der Waals surface area contributed by atoms with Gasteiger partial charge in [0, 0.05) is 25.7 Å². The Morgan fingerprint density at radius 3 is 2.49 bits per heavy atom. The summed E-state index contributed by atoms with van der Waals surface area (Å²) in [4.78, 5) is 15.0. The van der Waals surface area contributed by atoms with Gasteiger partial charge in [-0.25, -0.2) is 8.42 Å². The Morgan fingerprint density at radius 2 is 1.64 bits per heavy atom. The van der Waals surface area contributed by atoms with Crippen molar-refractivity contribution in [2.24, 2.45) is 0 Å². The number of nitrogens with one attached hydrogen (secondary N) is 1. The minimum absolute atomic E-state index is 0.0132. The van der Waals surface area contributed by atoms with Crippen LogP contribution in [0.5, 0.6) is 0 Å². The number of unbranched alkanes of at least 4 members (excludes halogenated alkanes) is 1. The number of amides is 1. The van der Waals surface area contributed by atoms with Gasteiger partial charge in [-0.3, -0.25) is 9.69 Å². The molecule has 0 unspecified atom stereocenters. The van der Waals surface area contributed by atoms with Crippen molar-refractivity contribution < 1.29 is 13.2 Å². The van der Waals surface area contributed by atoms with Crippen molar-refractivity contribution in [2.45, 2.75) is 36.5 Å². The number of rotatable bonds is 10. The summed E-state index contributed by atoms with van der Waals surface area (Å²) < 4.78 is 25.6. The van der Waals surface area contributed by atoms with E-state index in [1.165, 1.54) is 16.5 Å². The lowest BCUT2D eigenvalue weighted by Crippen LogP contribution is -2.32. The van der Waals surface area contributed by atoms with Crippen molar-refractivity contribution in [3.63, 3.8) is 0 Å². The van der Waals surface area contributed by atoms with Gasteiger partial charge in [-0.2, -0.15) is 0 Å². The highest BCUT2D eigenvalue weighted by Gasteiger charge is 2.19. The van der Waals surface area contributed by atoms with Crippen molar-refractivity contribution in [1.82, 2.24) is 10.2 Å². The Bertz CT molecular complexity index is 1580. The van der Waals surface area contributed by atoms with Crippen LogP contribution in [-0.2, 0) is 33.4 Å². The third-order valence-electron chi connectivity index (χ3n) is 7.22. The highest BCUT2D eigenvalue weighted by atomic mass is 32.2. The van der Waals surface area contributed by atoms with Crippen LogP contribution >= 0.6 is 0 Å². The summed E-state index contributed by atoms with van der Waals surface area (Å²) in [5.41, 5.74) is 4.36. The number of sulfone groups is 1. The van der Waals surface area contributed by atoms with E-state index in [2.05, 4.69) is 46.6 Å². The number of carbonyl (C=O) groups excluding carboxylic acids is 1. The molecule has 0 bridgehead atoms. The summed E-state index contributed by atoms with van der Waals surface area (Å²) in [6, 6.07) is 29.1. The monoisotopic (exact) mass is 538 g/mol. The van der Waals surface area contributed by atoms with Crippen LogP contribution < -0.4 is 5.32 Å². The number of nitrogens with zero attached hydrogens (tertiary/aromatic N) is 1. The SMILES string of the molecule is O=C(/C=C/c1ccc2ccccc2c1)NCCCCN1CCc2ccc(CS(=O)(=O)c3ccccc3)cc2C1. The second-order valence-corrected chi connectivity index (χ2v) is 12.1. The quantitative estimate of drug-likeness (QED) is 0.205. The number of hydrogen-bond acceptors (Lipinski definition) is 4. The molecule has 1 heterocycles. The highest BCUT2D eigenvalue weighted by Crippen LogP contribution is 2.23. The number of hydrogen-bond donors (Lipinski definition) is 1. The van der Waals surface area contributed by atoms with Gasteiger partial charge in [-0.05, 0) is 83.1 Å². The molecule has 200 valence electrons. The molecule has 0 saturated carbocycles. The molecule has 39 heavy (non-hydrogen) atoms. The van der Waals surface area contributed by atoms with Gasteiger partial charge in [0.15, 0.2) is 9.84 Å². The molecule has 5 nitrogen and oxygen atoms in total. The first kappa shape index (κ1) is 26.9. The minimum atomic E-state index is -3.36. The second kappa shape index (κ2) is 12.4. The minimum Gasteiger partial charge on any atom is -0.353 e. The lowest BCUT2D eigenvalue weighted by atomic mass is 9.97. The van der Waals surface area contributed by atoms with E-state index < -0.39 is 9.84 Å². The van der Waals surface area contributed by atoms with Crippen LogP contribution in [0.1, 0.15) is 35.1 Å². The van der Waals surface area contributed by atoms with Crippen LogP contribution in [0.2, 0.25) is 0 Å². The lowest BCUT2D eigenvalue weighted by Gasteiger charge is -2.29. The Balaban J connectivity index is 1.06. The molecule has 1 amide bonds. The van der Waals surface area contributed by atoms with Gasteiger partial charge in [-0.15, -0.1) is 0 Å². The van der Waals surface area contributed by atoms with Gasteiger partial charge in [-0.1, -0.05) is 72.8 Å². The zero-order chi connectivity index (χ0) is 27.1. The summed E-state index contributed by atoms with van der Waals surface area (Å²) in [7, 11) is -3.36. The van der Waals surface area contributed by atoms with Crippen LogP contribution in [-0.4, -0.2) is 38.9 Å². The van der Waals surface area contributed by atoms with Gasteiger partial charge in [0.05, 0.1) is 10.6 Å². The van der Waals surface area contributed by atoms with Crippen molar-refractivity contribution in [2.75, 3.05) is 19.6 Å². The normalized spacial score (nSPS) is 13.9. The van der Waals surface area contributed by atoms with Crippen LogP contribution in [0.3, 0.4) is 0 Å². The van der Waals surface area contributed by atoms with Gasteiger partial charge < -0.3 is 5.32 Å². The fraction of sp³-hybridized carbons (Fsp3) is 0.242. The van der Waals surface area contributed by atoms with Gasteiger partial charge in [0.1, 0.15) is 0 Å². The molecule has 1 aliphatic heterocycles. The van der Waals surface area contributed by atoms with Crippen LogP contribution in [0.15, 0.2) is 102 Å². The second-order valence-electron chi connectivity index (χ2n) is 10.1. The molecule has 0 atom stereocenters. The van der Waals surface area contributed by atoms with Crippen LogP contribution in [0.4, 0.5) is 0 Å². The molecule has 1 N–H and O–H groups in total. The number of carbonyl (C=O) groups is 1. The average Bonchev–Trinajstić information content (AvgIpc) is 2.96. The van der Waals surface area contributed by atoms with Crippen molar-refractivity contribution in [1.29, 1.82) is 0 Å². The first-order chi connectivity index (χ1) is 19.0. The Morgan fingerprint density at radius 1 is 0.846 bits per heavy atom. The molecule has 0 radical (unpaired) electrons. The highest BCUT2D eigenvalue weighted by molar-refractivity contribution is 7.90. The van der Waals surface area contributed by atoms with Crippen LogP contribution in [0.25, 0.3) is 16.8 Å². The van der Waals surface area contributed by atoms with E-state index in [-0.39, 0.29) is 11.7 Å². The number of fused-ring (bicyclic) bond motifs is 2. The predicted octanol–water partition coefficient (Wildman–Crippen LogP) is 5.78. The molecule has 1 aliphatic rings. The smallest absolute Gasteiger partial charge is 0.243 e. The summed E-state index contributed by atoms with van der Waals surface area (Å²) in [5, 5.41) is 5.33. The molecular formula is C33H34N2O3S. The van der Waals surface area contributed by atoms with Crippen molar-refractivity contribution in [3.8, 4) is 0 Å². The topological polar surface area (TPSA) is 66.5 Å². The molecule has 0 fully saturated rings. The third-order valence-corrected chi connectivity index (χ3v) is 8.93. The Labute approximate surface area is 231 Å².